The predicted molar refractivity (Wildman–Crippen MR) is 124 cm³/mol. The Bertz CT molecular complexity index is 1200. The number of amides is 1. The van der Waals surface area contributed by atoms with E-state index in [4.69, 9.17) is 4.98 Å². The van der Waals surface area contributed by atoms with Gasteiger partial charge < -0.3 is 0 Å². The highest BCUT2D eigenvalue weighted by Crippen LogP contribution is 2.34. The maximum Gasteiger partial charge on any atom is 0.232 e. The Labute approximate surface area is 186 Å². The summed E-state index contributed by atoms with van der Waals surface area (Å²) in [5.41, 5.74) is 3.96. The number of fused-ring (bicyclic) bond motifs is 1. The molecule has 0 aliphatic carbocycles. The summed E-state index contributed by atoms with van der Waals surface area (Å²) >= 11 is 1.52. The molecule has 1 fully saturated rings. The summed E-state index contributed by atoms with van der Waals surface area (Å²) in [5, 5.41) is 0.657. The summed E-state index contributed by atoms with van der Waals surface area (Å²) < 4.78 is 26.2. The molecule has 4 rings (SSSR count). The van der Waals surface area contributed by atoms with E-state index in [1.807, 2.05) is 31.2 Å². The molecule has 1 saturated heterocycles. The number of sulfonamides is 1. The van der Waals surface area contributed by atoms with Crippen LogP contribution >= 0.6 is 11.3 Å². The van der Waals surface area contributed by atoms with Crippen LogP contribution in [0.15, 0.2) is 36.5 Å². The van der Waals surface area contributed by atoms with Crippen LogP contribution in [0.3, 0.4) is 0 Å². The molecule has 9 heteroatoms. The van der Waals surface area contributed by atoms with E-state index in [-0.39, 0.29) is 11.8 Å². The largest absolute Gasteiger partial charge is 0.282 e. The van der Waals surface area contributed by atoms with E-state index in [1.165, 1.54) is 21.9 Å². The number of aromatic nitrogens is 2. The molecule has 0 unspecified atom stereocenters. The van der Waals surface area contributed by atoms with Crippen molar-refractivity contribution in [3.8, 4) is 0 Å². The van der Waals surface area contributed by atoms with Crippen LogP contribution in [0, 0.1) is 19.8 Å². The van der Waals surface area contributed by atoms with Crippen molar-refractivity contribution in [3.63, 3.8) is 0 Å². The van der Waals surface area contributed by atoms with Gasteiger partial charge in [-0.25, -0.2) is 17.7 Å². The van der Waals surface area contributed by atoms with Crippen LogP contribution in [0.1, 0.15) is 29.7 Å². The average molecular weight is 459 g/mol. The van der Waals surface area contributed by atoms with Crippen molar-refractivity contribution < 1.29 is 13.2 Å². The lowest BCUT2D eigenvalue weighted by molar-refractivity contribution is -0.123. The van der Waals surface area contributed by atoms with E-state index in [0.29, 0.717) is 37.6 Å². The quantitative estimate of drug-likeness (QED) is 0.584. The van der Waals surface area contributed by atoms with Crippen molar-refractivity contribution in [2.75, 3.05) is 24.2 Å². The number of anilines is 1. The zero-order chi connectivity index (χ0) is 22.2. The Morgan fingerprint density at radius 3 is 2.61 bits per heavy atom. The van der Waals surface area contributed by atoms with Gasteiger partial charge in [0.1, 0.15) is 0 Å². The lowest BCUT2D eigenvalue weighted by Gasteiger charge is -2.32. The molecule has 3 aromatic rings. The number of aryl methyl sites for hydroxylation is 2. The third-order valence-corrected chi connectivity index (χ3v) is 8.16. The van der Waals surface area contributed by atoms with Gasteiger partial charge in [0, 0.05) is 25.2 Å². The standard InChI is InChI=1S/C22H26N4O3S2/c1-15-12-16(2)20-19(13-15)24-22(30-20)26(14-18-6-4-5-9-23-18)21(27)17-7-10-25(11-8-17)31(3,28)29/h4-6,9,12-13,17H,7-8,10-11,14H2,1-3H3. The molecule has 164 valence electrons. The van der Waals surface area contributed by atoms with Crippen molar-refractivity contribution in [3.05, 3.63) is 53.3 Å². The van der Waals surface area contributed by atoms with Gasteiger partial charge in [0.15, 0.2) is 5.13 Å². The van der Waals surface area contributed by atoms with Crippen molar-refractivity contribution in [1.29, 1.82) is 0 Å². The molecule has 1 aliphatic rings. The molecule has 3 heterocycles. The number of piperidine rings is 1. The van der Waals surface area contributed by atoms with Gasteiger partial charge in [-0.2, -0.15) is 0 Å². The molecule has 0 saturated carbocycles. The SMILES string of the molecule is Cc1cc(C)c2sc(N(Cc3ccccn3)C(=O)C3CCN(S(C)(=O)=O)CC3)nc2c1. The molecule has 0 atom stereocenters. The zero-order valence-corrected chi connectivity index (χ0v) is 19.5. The van der Waals surface area contributed by atoms with Crippen LogP contribution in [0.25, 0.3) is 10.2 Å². The molecule has 7 nitrogen and oxygen atoms in total. The number of hydrogen-bond donors (Lipinski definition) is 0. The van der Waals surface area contributed by atoms with Crippen molar-refractivity contribution in [1.82, 2.24) is 14.3 Å². The van der Waals surface area contributed by atoms with Gasteiger partial charge in [-0.05, 0) is 56.0 Å². The second kappa shape index (κ2) is 8.64. The maximum atomic E-state index is 13.6. The number of carbonyl (C=O) groups is 1. The number of carbonyl (C=O) groups excluding carboxylic acids is 1. The molecule has 0 bridgehead atoms. The zero-order valence-electron chi connectivity index (χ0n) is 17.9. The smallest absolute Gasteiger partial charge is 0.232 e. The molecule has 31 heavy (non-hydrogen) atoms. The fourth-order valence-electron chi connectivity index (χ4n) is 4.03. The van der Waals surface area contributed by atoms with Crippen LogP contribution in [0.2, 0.25) is 0 Å². The minimum absolute atomic E-state index is 0.0211. The second-order valence-electron chi connectivity index (χ2n) is 8.11. The van der Waals surface area contributed by atoms with Crippen LogP contribution in [0.4, 0.5) is 5.13 Å². The second-order valence-corrected chi connectivity index (χ2v) is 11.1. The number of hydrogen-bond acceptors (Lipinski definition) is 6. The monoisotopic (exact) mass is 458 g/mol. The number of pyridine rings is 1. The Morgan fingerprint density at radius 2 is 1.97 bits per heavy atom. The van der Waals surface area contributed by atoms with Gasteiger partial charge >= 0.3 is 0 Å². The van der Waals surface area contributed by atoms with Crippen LogP contribution < -0.4 is 4.90 Å². The Morgan fingerprint density at radius 1 is 1.23 bits per heavy atom. The first-order valence-corrected chi connectivity index (χ1v) is 12.9. The van der Waals surface area contributed by atoms with E-state index >= 15 is 0 Å². The first kappa shape index (κ1) is 21.9. The molecular formula is C22H26N4O3S2. The fourth-order valence-corrected chi connectivity index (χ4v) is 5.92. The molecule has 1 aromatic carbocycles. The highest BCUT2D eigenvalue weighted by molar-refractivity contribution is 7.88. The highest BCUT2D eigenvalue weighted by atomic mass is 32.2. The van der Waals surface area contributed by atoms with Gasteiger partial charge in [0.05, 0.1) is 28.7 Å². The van der Waals surface area contributed by atoms with Gasteiger partial charge in [0.25, 0.3) is 0 Å². The maximum absolute atomic E-state index is 13.6. The predicted octanol–water partition coefficient (Wildman–Crippen LogP) is 3.51. The minimum atomic E-state index is -3.23. The summed E-state index contributed by atoms with van der Waals surface area (Å²) in [6, 6.07) is 9.81. The molecule has 0 N–H and O–H groups in total. The molecule has 1 aliphatic heterocycles. The number of thiazole rings is 1. The van der Waals surface area contributed by atoms with Gasteiger partial charge in [-0.15, -0.1) is 0 Å². The summed E-state index contributed by atoms with van der Waals surface area (Å²) in [4.78, 5) is 24.5. The first-order valence-electron chi connectivity index (χ1n) is 10.3. The summed E-state index contributed by atoms with van der Waals surface area (Å²) in [7, 11) is -3.23. The molecule has 2 aromatic heterocycles. The number of benzene rings is 1. The summed E-state index contributed by atoms with van der Waals surface area (Å²) in [5.74, 6) is -0.260. The van der Waals surface area contributed by atoms with Crippen LogP contribution in [-0.2, 0) is 21.4 Å². The topological polar surface area (TPSA) is 83.5 Å². The number of nitrogens with zero attached hydrogens (tertiary/aromatic N) is 4. The molecule has 0 spiro atoms. The Balaban J connectivity index is 1.65. The third kappa shape index (κ3) is 4.78. The Hall–Kier alpha value is -2.36. The highest BCUT2D eigenvalue weighted by Gasteiger charge is 2.33. The van der Waals surface area contributed by atoms with E-state index < -0.39 is 10.0 Å². The molecule has 1 amide bonds. The summed E-state index contributed by atoms with van der Waals surface area (Å²) in [6.07, 6.45) is 3.95. The Kier molecular flexibility index (Phi) is 6.09. The van der Waals surface area contributed by atoms with Crippen molar-refractivity contribution >= 4 is 42.6 Å². The fraction of sp³-hybridized carbons (Fsp3) is 0.409. The van der Waals surface area contributed by atoms with E-state index in [2.05, 4.69) is 18.0 Å². The van der Waals surface area contributed by atoms with Gasteiger partial charge in [-0.3, -0.25) is 14.7 Å². The van der Waals surface area contributed by atoms with Crippen molar-refractivity contribution in [2.45, 2.75) is 33.2 Å². The lowest BCUT2D eigenvalue weighted by atomic mass is 9.96. The minimum Gasteiger partial charge on any atom is -0.282 e. The van der Waals surface area contributed by atoms with E-state index in [0.717, 1.165) is 27.0 Å². The molecule has 0 radical (unpaired) electrons. The first-order chi connectivity index (χ1) is 14.7. The van der Waals surface area contributed by atoms with Crippen LogP contribution in [-0.4, -0.2) is 47.9 Å². The third-order valence-electron chi connectivity index (χ3n) is 5.62. The van der Waals surface area contributed by atoms with Crippen molar-refractivity contribution in [2.24, 2.45) is 5.92 Å². The van der Waals surface area contributed by atoms with Gasteiger partial charge in [0.2, 0.25) is 15.9 Å². The van der Waals surface area contributed by atoms with E-state index in [1.54, 1.807) is 11.1 Å². The molecular weight excluding hydrogens is 432 g/mol. The summed E-state index contributed by atoms with van der Waals surface area (Å²) in [6.45, 7) is 5.17. The number of rotatable bonds is 5. The van der Waals surface area contributed by atoms with E-state index in [9.17, 15) is 13.2 Å². The average Bonchev–Trinajstić information content (AvgIpc) is 3.16. The van der Waals surface area contributed by atoms with Crippen LogP contribution in [0.5, 0.6) is 0 Å². The lowest BCUT2D eigenvalue weighted by Crippen LogP contribution is -2.44. The normalized spacial score (nSPS) is 16.0. The van der Waals surface area contributed by atoms with Gasteiger partial charge in [-0.1, -0.05) is 23.5 Å².